The normalized spacial score (nSPS) is 30.5. The molecule has 2 nitrogen and oxygen atoms in total. The average molecular weight is 168 g/mol. The maximum Gasteiger partial charge on any atom is -0.00165 e. The Morgan fingerprint density at radius 1 is 1.33 bits per heavy atom. The van der Waals surface area contributed by atoms with Gasteiger partial charge in [0, 0.05) is 0 Å². The Morgan fingerprint density at radius 3 is 2.42 bits per heavy atom. The molecule has 0 atom stereocenters. The highest BCUT2D eigenvalue weighted by molar-refractivity contribution is 4.96. The second-order valence-corrected chi connectivity index (χ2v) is 4.81. The molecule has 1 aliphatic heterocycles. The summed E-state index contributed by atoms with van der Waals surface area (Å²) in [6.45, 7) is 3.52. The zero-order valence-corrected chi connectivity index (χ0v) is 8.05. The van der Waals surface area contributed by atoms with Crippen molar-refractivity contribution in [3.05, 3.63) is 0 Å². The summed E-state index contributed by atoms with van der Waals surface area (Å²) < 4.78 is 0. The smallest absolute Gasteiger partial charge is 0.00165 e. The van der Waals surface area contributed by atoms with Crippen molar-refractivity contribution in [1.82, 2.24) is 4.90 Å². The van der Waals surface area contributed by atoms with Crippen LogP contribution < -0.4 is 5.73 Å². The molecule has 0 aromatic rings. The number of rotatable bonds is 1. The van der Waals surface area contributed by atoms with Gasteiger partial charge in [0.1, 0.15) is 0 Å². The van der Waals surface area contributed by atoms with Gasteiger partial charge in [0.2, 0.25) is 0 Å². The Kier molecular flexibility index (Phi) is 2.13. The van der Waals surface area contributed by atoms with E-state index in [1.807, 2.05) is 0 Å². The summed E-state index contributed by atoms with van der Waals surface area (Å²) in [4.78, 5) is 2.45. The number of hydrogen-bond donors (Lipinski definition) is 1. The van der Waals surface area contributed by atoms with E-state index in [-0.39, 0.29) is 0 Å². The van der Waals surface area contributed by atoms with Crippen LogP contribution in [0.5, 0.6) is 0 Å². The molecule has 2 aliphatic rings. The van der Waals surface area contributed by atoms with Crippen LogP contribution in [0.2, 0.25) is 0 Å². The molecule has 1 heterocycles. The lowest BCUT2D eigenvalue weighted by molar-refractivity contribution is -0.00293. The first-order valence-corrected chi connectivity index (χ1v) is 5.13. The van der Waals surface area contributed by atoms with Crippen LogP contribution in [0.25, 0.3) is 0 Å². The maximum atomic E-state index is 5.64. The zero-order chi connectivity index (χ0) is 8.60. The number of nitrogens with zero attached hydrogens (tertiary/aromatic N) is 1. The summed E-state index contributed by atoms with van der Waals surface area (Å²) in [5.41, 5.74) is 6.37. The van der Waals surface area contributed by atoms with Gasteiger partial charge in [-0.2, -0.15) is 0 Å². The average Bonchev–Trinajstić information content (AvgIpc) is 2.02. The topological polar surface area (TPSA) is 29.3 Å². The van der Waals surface area contributed by atoms with E-state index in [0.717, 1.165) is 17.9 Å². The molecule has 2 N–H and O–H groups in total. The van der Waals surface area contributed by atoms with Gasteiger partial charge in [0.15, 0.2) is 0 Å². The van der Waals surface area contributed by atoms with Gasteiger partial charge in [0.25, 0.3) is 0 Å². The highest BCUT2D eigenvalue weighted by Crippen LogP contribution is 2.51. The molecule has 12 heavy (non-hydrogen) atoms. The minimum atomic E-state index is 0.733. The van der Waals surface area contributed by atoms with Crippen molar-refractivity contribution in [1.29, 1.82) is 0 Å². The van der Waals surface area contributed by atoms with Crippen LogP contribution in [0.15, 0.2) is 0 Å². The molecule has 0 bridgehead atoms. The zero-order valence-electron chi connectivity index (χ0n) is 8.05. The third-order valence-corrected chi connectivity index (χ3v) is 3.82. The van der Waals surface area contributed by atoms with Gasteiger partial charge < -0.3 is 10.6 Å². The standard InChI is InChI=1S/C10H20N2/c1-12-4-2-10(3-5-12)6-9(7-10)8-11/h9H,2-8,11H2,1H3. The van der Waals surface area contributed by atoms with E-state index < -0.39 is 0 Å². The summed E-state index contributed by atoms with van der Waals surface area (Å²) in [6, 6.07) is 0. The second kappa shape index (κ2) is 3.00. The number of nitrogens with two attached hydrogens (primary N) is 1. The minimum absolute atomic E-state index is 0.733. The van der Waals surface area contributed by atoms with Crippen molar-refractivity contribution in [2.75, 3.05) is 26.7 Å². The molecule has 0 aromatic heterocycles. The van der Waals surface area contributed by atoms with Crippen LogP contribution in [-0.2, 0) is 0 Å². The Morgan fingerprint density at radius 2 is 1.92 bits per heavy atom. The van der Waals surface area contributed by atoms with Crippen molar-refractivity contribution < 1.29 is 0 Å². The molecule has 1 spiro atoms. The lowest BCUT2D eigenvalue weighted by atomic mass is 9.57. The number of hydrogen-bond acceptors (Lipinski definition) is 2. The highest BCUT2D eigenvalue weighted by atomic mass is 15.1. The van der Waals surface area contributed by atoms with Crippen LogP contribution in [0.1, 0.15) is 25.7 Å². The molecule has 0 amide bonds. The third-order valence-electron chi connectivity index (χ3n) is 3.82. The van der Waals surface area contributed by atoms with E-state index in [9.17, 15) is 0 Å². The van der Waals surface area contributed by atoms with Crippen LogP contribution >= 0.6 is 0 Å². The van der Waals surface area contributed by atoms with Gasteiger partial charge >= 0.3 is 0 Å². The summed E-state index contributed by atoms with van der Waals surface area (Å²) >= 11 is 0. The molecule has 70 valence electrons. The molecule has 0 unspecified atom stereocenters. The molecule has 0 aromatic carbocycles. The molecular formula is C10H20N2. The summed E-state index contributed by atoms with van der Waals surface area (Å²) in [5, 5.41) is 0. The molecule has 1 saturated carbocycles. The predicted octanol–water partition coefficient (Wildman–Crippen LogP) is 1.07. The van der Waals surface area contributed by atoms with E-state index in [0.29, 0.717) is 0 Å². The van der Waals surface area contributed by atoms with Gasteiger partial charge in [-0.05, 0) is 63.7 Å². The molecule has 2 rings (SSSR count). The number of likely N-dealkylation sites (tertiary alicyclic amines) is 1. The summed E-state index contributed by atoms with van der Waals surface area (Å²) in [7, 11) is 2.23. The van der Waals surface area contributed by atoms with Crippen molar-refractivity contribution in [3.63, 3.8) is 0 Å². The van der Waals surface area contributed by atoms with E-state index in [1.54, 1.807) is 0 Å². The summed E-state index contributed by atoms with van der Waals surface area (Å²) in [5.74, 6) is 0.855. The van der Waals surface area contributed by atoms with Crippen LogP contribution in [-0.4, -0.2) is 31.6 Å². The third kappa shape index (κ3) is 1.38. The minimum Gasteiger partial charge on any atom is -0.330 e. The second-order valence-electron chi connectivity index (χ2n) is 4.81. The van der Waals surface area contributed by atoms with Crippen molar-refractivity contribution >= 4 is 0 Å². The van der Waals surface area contributed by atoms with E-state index in [4.69, 9.17) is 5.73 Å². The molecule has 2 heteroatoms. The Balaban J connectivity index is 1.83. The van der Waals surface area contributed by atoms with Crippen molar-refractivity contribution in [2.45, 2.75) is 25.7 Å². The van der Waals surface area contributed by atoms with Gasteiger partial charge in [-0.3, -0.25) is 0 Å². The largest absolute Gasteiger partial charge is 0.330 e. The molecule has 2 fully saturated rings. The monoisotopic (exact) mass is 168 g/mol. The van der Waals surface area contributed by atoms with Crippen LogP contribution in [0, 0.1) is 11.3 Å². The predicted molar refractivity (Wildman–Crippen MR) is 50.9 cm³/mol. The Bertz CT molecular complexity index is 144. The fraction of sp³-hybridized carbons (Fsp3) is 1.00. The highest BCUT2D eigenvalue weighted by Gasteiger charge is 2.44. The lowest BCUT2D eigenvalue weighted by Gasteiger charge is -2.51. The van der Waals surface area contributed by atoms with Crippen molar-refractivity contribution in [3.8, 4) is 0 Å². The van der Waals surface area contributed by atoms with Gasteiger partial charge in [-0.25, -0.2) is 0 Å². The molecular weight excluding hydrogens is 148 g/mol. The van der Waals surface area contributed by atoms with E-state index in [2.05, 4.69) is 11.9 Å². The summed E-state index contributed by atoms with van der Waals surface area (Å²) in [6.07, 6.45) is 5.66. The SMILES string of the molecule is CN1CCC2(CC1)CC(CN)C2. The molecule has 1 aliphatic carbocycles. The van der Waals surface area contributed by atoms with Crippen LogP contribution in [0.3, 0.4) is 0 Å². The fourth-order valence-corrected chi connectivity index (χ4v) is 2.83. The van der Waals surface area contributed by atoms with E-state index >= 15 is 0 Å². The first-order chi connectivity index (χ1) is 5.74. The van der Waals surface area contributed by atoms with Gasteiger partial charge in [-0.15, -0.1) is 0 Å². The Labute approximate surface area is 75.1 Å². The lowest BCUT2D eigenvalue weighted by Crippen LogP contribution is -2.47. The van der Waals surface area contributed by atoms with Crippen LogP contribution in [0.4, 0.5) is 0 Å². The Hall–Kier alpha value is -0.0800. The van der Waals surface area contributed by atoms with Gasteiger partial charge in [-0.1, -0.05) is 0 Å². The van der Waals surface area contributed by atoms with E-state index in [1.165, 1.54) is 38.8 Å². The maximum absolute atomic E-state index is 5.64. The fourth-order valence-electron chi connectivity index (χ4n) is 2.83. The van der Waals surface area contributed by atoms with Gasteiger partial charge in [0.05, 0.1) is 0 Å². The quantitative estimate of drug-likeness (QED) is 0.634. The van der Waals surface area contributed by atoms with Crippen molar-refractivity contribution in [2.24, 2.45) is 17.1 Å². The first-order valence-electron chi connectivity index (χ1n) is 5.13. The molecule has 0 radical (unpaired) electrons. The molecule has 1 saturated heterocycles. The first kappa shape index (κ1) is 8.52. The number of piperidine rings is 1.